The molecule has 7 nitrogen and oxygen atoms in total. The third kappa shape index (κ3) is 3.80. The number of benzene rings is 1. The van der Waals surface area contributed by atoms with E-state index in [9.17, 15) is 22.4 Å². The summed E-state index contributed by atoms with van der Waals surface area (Å²) in [5, 5.41) is 2.57. The summed E-state index contributed by atoms with van der Waals surface area (Å²) >= 11 is 0. The van der Waals surface area contributed by atoms with E-state index in [1.807, 2.05) is 6.92 Å². The molecule has 0 bridgehead atoms. The van der Waals surface area contributed by atoms with Crippen molar-refractivity contribution in [1.82, 2.24) is 4.98 Å². The first-order chi connectivity index (χ1) is 14.6. The van der Waals surface area contributed by atoms with E-state index < -0.39 is 42.1 Å². The third-order valence-corrected chi connectivity index (χ3v) is 5.32. The molecule has 1 saturated heterocycles. The van der Waals surface area contributed by atoms with Gasteiger partial charge in [0.15, 0.2) is 11.7 Å². The van der Waals surface area contributed by atoms with Crippen LogP contribution in [0.5, 0.6) is 0 Å². The van der Waals surface area contributed by atoms with Gasteiger partial charge in [-0.05, 0) is 36.8 Å². The first-order valence-electron chi connectivity index (χ1n) is 9.31. The van der Waals surface area contributed by atoms with Gasteiger partial charge >= 0.3 is 6.18 Å². The molecule has 0 saturated carbocycles. The number of carbonyl (C=O) groups is 1. The van der Waals surface area contributed by atoms with Gasteiger partial charge in [-0.1, -0.05) is 6.07 Å². The molecule has 2 aromatic rings. The maximum Gasteiger partial charge on any atom is 0.415 e. The van der Waals surface area contributed by atoms with E-state index >= 15 is 0 Å². The van der Waals surface area contributed by atoms with Gasteiger partial charge in [-0.3, -0.25) is 9.78 Å². The molecule has 2 aliphatic heterocycles. The summed E-state index contributed by atoms with van der Waals surface area (Å²) in [7, 11) is 0. The van der Waals surface area contributed by atoms with Crippen molar-refractivity contribution in [3.05, 3.63) is 59.2 Å². The van der Waals surface area contributed by atoms with E-state index in [0.717, 1.165) is 11.6 Å². The van der Waals surface area contributed by atoms with Crippen LogP contribution in [0, 0.1) is 18.7 Å². The maximum absolute atomic E-state index is 14.8. The largest absolute Gasteiger partial charge is 0.451 e. The lowest BCUT2D eigenvalue weighted by Crippen LogP contribution is -2.50. The first kappa shape index (κ1) is 21.0. The monoisotopic (exact) mass is 438 g/mol. The number of ether oxygens (including phenoxy) is 2. The van der Waals surface area contributed by atoms with Gasteiger partial charge in [0.2, 0.25) is 0 Å². The molecule has 3 heterocycles. The number of anilines is 1. The van der Waals surface area contributed by atoms with Gasteiger partial charge < -0.3 is 20.5 Å². The number of nitrogens with two attached hydrogens (primary N) is 1. The molecule has 31 heavy (non-hydrogen) atoms. The Bertz CT molecular complexity index is 1040. The molecule has 2 aliphatic rings. The Morgan fingerprint density at radius 2 is 2.06 bits per heavy atom. The lowest BCUT2D eigenvalue weighted by Gasteiger charge is -2.38. The number of nitrogens with zero attached hydrogens (tertiary/aromatic N) is 2. The summed E-state index contributed by atoms with van der Waals surface area (Å²) in [5.74, 6) is -2.73. The number of amides is 1. The maximum atomic E-state index is 14.8. The predicted octanol–water partition coefficient (Wildman–Crippen LogP) is 2.90. The lowest BCUT2D eigenvalue weighted by molar-refractivity contribution is -0.217. The fraction of sp³-hybridized carbons (Fsp3) is 0.350. The highest BCUT2D eigenvalue weighted by molar-refractivity contribution is 6.02. The Kier molecular flexibility index (Phi) is 5.08. The van der Waals surface area contributed by atoms with Crippen LogP contribution in [0.2, 0.25) is 0 Å². The van der Waals surface area contributed by atoms with E-state index in [2.05, 4.69) is 15.3 Å². The van der Waals surface area contributed by atoms with Crippen molar-refractivity contribution in [3.63, 3.8) is 0 Å². The van der Waals surface area contributed by atoms with Crippen LogP contribution in [0.15, 0.2) is 41.5 Å². The molecule has 0 spiro atoms. The van der Waals surface area contributed by atoms with E-state index in [1.165, 1.54) is 24.4 Å². The van der Waals surface area contributed by atoms with E-state index in [4.69, 9.17) is 15.2 Å². The number of hydrogen-bond acceptors (Lipinski definition) is 6. The number of amidine groups is 1. The molecule has 3 N–H and O–H groups in total. The van der Waals surface area contributed by atoms with E-state index in [0.29, 0.717) is 0 Å². The van der Waals surface area contributed by atoms with E-state index in [1.54, 1.807) is 6.07 Å². The van der Waals surface area contributed by atoms with Gasteiger partial charge in [0.1, 0.15) is 11.5 Å². The van der Waals surface area contributed by atoms with Crippen LogP contribution < -0.4 is 11.1 Å². The molecule has 1 amide bonds. The number of aromatic nitrogens is 1. The number of aryl methyl sites for hydroxylation is 1. The minimum Gasteiger partial charge on any atom is -0.451 e. The molecular weight excluding hydrogens is 420 g/mol. The summed E-state index contributed by atoms with van der Waals surface area (Å²) < 4.78 is 65.7. The average molecular weight is 438 g/mol. The first-order valence-corrected chi connectivity index (χ1v) is 9.31. The van der Waals surface area contributed by atoms with Gasteiger partial charge in [-0.15, -0.1) is 0 Å². The smallest absolute Gasteiger partial charge is 0.415 e. The molecule has 11 heteroatoms. The van der Waals surface area contributed by atoms with Gasteiger partial charge in [0.05, 0.1) is 19.1 Å². The van der Waals surface area contributed by atoms with Crippen LogP contribution in [0.1, 0.15) is 21.6 Å². The topological polar surface area (TPSA) is 98.8 Å². The van der Waals surface area contributed by atoms with Crippen molar-refractivity contribution in [2.24, 2.45) is 16.6 Å². The summed E-state index contributed by atoms with van der Waals surface area (Å²) in [6.07, 6.45) is -5.38. The zero-order valence-corrected chi connectivity index (χ0v) is 16.2. The van der Waals surface area contributed by atoms with Crippen LogP contribution in [0.3, 0.4) is 0 Å². The number of alkyl halides is 3. The zero-order valence-electron chi connectivity index (χ0n) is 16.2. The van der Waals surface area contributed by atoms with Gasteiger partial charge in [-0.25, -0.2) is 9.38 Å². The summed E-state index contributed by atoms with van der Waals surface area (Å²) in [6.45, 7) is 0.888. The fourth-order valence-corrected chi connectivity index (χ4v) is 3.82. The molecule has 1 fully saturated rings. The van der Waals surface area contributed by atoms with Crippen molar-refractivity contribution in [2.75, 3.05) is 18.5 Å². The molecule has 3 atom stereocenters. The molecule has 0 unspecified atom stereocenters. The second-order valence-electron chi connectivity index (χ2n) is 7.42. The van der Waals surface area contributed by atoms with Crippen LogP contribution in [-0.2, 0) is 15.1 Å². The number of carbonyl (C=O) groups excluding carboxylic acids is 1. The van der Waals surface area contributed by atoms with Crippen molar-refractivity contribution in [2.45, 2.75) is 24.8 Å². The van der Waals surface area contributed by atoms with Crippen LogP contribution >= 0.6 is 0 Å². The molecule has 1 aromatic heterocycles. The second kappa shape index (κ2) is 7.49. The highest BCUT2D eigenvalue weighted by atomic mass is 19.4. The van der Waals surface area contributed by atoms with Crippen LogP contribution in [0.4, 0.5) is 23.2 Å². The van der Waals surface area contributed by atoms with Crippen molar-refractivity contribution >= 4 is 17.6 Å². The summed E-state index contributed by atoms with van der Waals surface area (Å²) in [5.41, 5.74) is 4.70. The number of halogens is 4. The number of pyridine rings is 1. The molecule has 0 aliphatic carbocycles. The average Bonchev–Trinajstić information content (AvgIpc) is 3.09. The van der Waals surface area contributed by atoms with Crippen LogP contribution in [0.25, 0.3) is 0 Å². The molecule has 1 aromatic carbocycles. The minimum atomic E-state index is -4.70. The van der Waals surface area contributed by atoms with Gasteiger partial charge in [0.25, 0.3) is 11.9 Å². The second-order valence-corrected chi connectivity index (χ2v) is 7.42. The zero-order chi connectivity index (χ0) is 22.4. The van der Waals surface area contributed by atoms with E-state index in [-0.39, 0.29) is 29.5 Å². The number of nitrogens with one attached hydrogen (secondary N) is 1. The quantitative estimate of drug-likeness (QED) is 0.718. The molecular formula is C20H18F4N4O3. The minimum absolute atomic E-state index is 0.124. The van der Waals surface area contributed by atoms with Crippen molar-refractivity contribution < 1.29 is 31.8 Å². The number of aliphatic imine (C=N–C) groups is 1. The summed E-state index contributed by atoms with van der Waals surface area (Å²) in [6, 6.07) is 6.39. The Labute approximate surface area is 174 Å². The Morgan fingerprint density at radius 3 is 2.74 bits per heavy atom. The standard InChI is InChI=1S/C20H18F4N4O3/c1-10-2-5-15(26-7-10)17(29)28-11-3-4-14(21)12(6-11)19-9-30-16(20(22,23)24)13(19)8-27-18(25)31-19/h2-7,13,16H,8-9H2,1H3,(H2,25,27)(H,28,29)/t13-,16+,19-/m1/s1. The van der Waals surface area contributed by atoms with Crippen molar-refractivity contribution in [1.29, 1.82) is 0 Å². The Balaban J connectivity index is 1.69. The SMILES string of the molecule is Cc1ccc(C(=O)Nc2ccc(F)c([C@]34CO[C@H](C(F)(F)F)[C@H]3CN=C(N)O4)c2)nc1. The highest BCUT2D eigenvalue weighted by Crippen LogP contribution is 2.50. The number of fused-ring (bicyclic) bond motifs is 1. The summed E-state index contributed by atoms with van der Waals surface area (Å²) in [4.78, 5) is 20.2. The third-order valence-electron chi connectivity index (χ3n) is 5.32. The van der Waals surface area contributed by atoms with Gasteiger partial charge in [-0.2, -0.15) is 13.2 Å². The fourth-order valence-electron chi connectivity index (χ4n) is 3.82. The number of rotatable bonds is 3. The lowest BCUT2D eigenvalue weighted by atomic mass is 9.79. The highest BCUT2D eigenvalue weighted by Gasteiger charge is 2.63. The normalized spacial score (nSPS) is 25.4. The predicted molar refractivity (Wildman–Crippen MR) is 102 cm³/mol. The van der Waals surface area contributed by atoms with Crippen LogP contribution in [-0.4, -0.2) is 42.3 Å². The molecule has 164 valence electrons. The Morgan fingerprint density at radius 1 is 1.29 bits per heavy atom. The number of hydrogen-bond donors (Lipinski definition) is 2. The van der Waals surface area contributed by atoms with Gasteiger partial charge in [0, 0.05) is 17.4 Å². The molecule has 0 radical (unpaired) electrons. The molecule has 4 rings (SSSR count). The van der Waals surface area contributed by atoms with Crippen molar-refractivity contribution in [3.8, 4) is 0 Å². The Hall–Kier alpha value is -3.21.